The lowest BCUT2D eigenvalue weighted by Crippen LogP contribution is -2.23. The van der Waals surface area contributed by atoms with E-state index in [1.54, 1.807) is 31.4 Å². The van der Waals surface area contributed by atoms with Crippen LogP contribution in [-0.4, -0.2) is 18.0 Å². The highest BCUT2D eigenvalue weighted by Gasteiger charge is 2.09. The molecule has 0 aliphatic rings. The molecule has 5 nitrogen and oxygen atoms in total. The minimum atomic E-state index is -0.347. The molecule has 2 aromatic carbocycles. The molecule has 0 fully saturated rings. The maximum Gasteiger partial charge on any atom is 0.251 e. The zero-order chi connectivity index (χ0) is 18.4. The second-order valence-corrected chi connectivity index (χ2v) is 5.56. The van der Waals surface area contributed by atoms with Gasteiger partial charge in [-0.25, -0.2) is 9.37 Å². The predicted octanol–water partition coefficient (Wildman–Crippen LogP) is 3.90. The Morgan fingerprint density at radius 3 is 2.77 bits per heavy atom. The molecule has 3 aromatic rings. The third-order valence-electron chi connectivity index (χ3n) is 3.75. The van der Waals surface area contributed by atoms with Gasteiger partial charge in [-0.15, -0.1) is 0 Å². The highest BCUT2D eigenvalue weighted by Crippen LogP contribution is 2.18. The lowest BCUT2D eigenvalue weighted by molar-refractivity contribution is 0.0950. The number of methoxy groups -OCH3 is 1. The molecule has 1 aromatic heterocycles. The van der Waals surface area contributed by atoms with E-state index in [0.29, 0.717) is 23.6 Å². The first-order valence-electron chi connectivity index (χ1n) is 8.04. The van der Waals surface area contributed by atoms with Gasteiger partial charge in [0.15, 0.2) is 0 Å². The molecule has 0 unspecified atom stereocenters. The molecular formula is C20H18FN3O2. The fourth-order valence-corrected chi connectivity index (χ4v) is 2.48. The van der Waals surface area contributed by atoms with Crippen molar-refractivity contribution in [3.8, 4) is 5.75 Å². The molecular weight excluding hydrogens is 333 g/mol. The Balaban J connectivity index is 1.68. The molecule has 6 heteroatoms. The third kappa shape index (κ3) is 4.36. The average Bonchev–Trinajstić information content (AvgIpc) is 2.66. The van der Waals surface area contributed by atoms with Gasteiger partial charge < -0.3 is 15.4 Å². The van der Waals surface area contributed by atoms with Crippen molar-refractivity contribution in [2.45, 2.75) is 6.54 Å². The standard InChI is InChI=1S/C20H18FN3O2/c1-26-18-8-3-2-5-15(18)13-23-20(25)14-9-10-22-19(11-14)24-17-7-4-6-16(21)12-17/h2-12H,13H2,1H3,(H,22,24)(H,23,25). The van der Waals surface area contributed by atoms with Crippen molar-refractivity contribution in [2.24, 2.45) is 0 Å². The molecule has 3 rings (SSSR count). The van der Waals surface area contributed by atoms with Crippen LogP contribution in [0.1, 0.15) is 15.9 Å². The SMILES string of the molecule is COc1ccccc1CNC(=O)c1ccnc(Nc2cccc(F)c2)c1. The number of rotatable bonds is 6. The first-order chi connectivity index (χ1) is 12.7. The van der Waals surface area contributed by atoms with Crippen LogP contribution in [0, 0.1) is 5.82 Å². The van der Waals surface area contributed by atoms with Gasteiger partial charge in [-0.05, 0) is 36.4 Å². The Morgan fingerprint density at radius 1 is 1.12 bits per heavy atom. The minimum absolute atomic E-state index is 0.236. The number of carbonyl (C=O) groups is 1. The van der Waals surface area contributed by atoms with Crippen molar-refractivity contribution < 1.29 is 13.9 Å². The van der Waals surface area contributed by atoms with Crippen LogP contribution >= 0.6 is 0 Å². The fourth-order valence-electron chi connectivity index (χ4n) is 2.48. The number of benzene rings is 2. The summed E-state index contributed by atoms with van der Waals surface area (Å²) in [6.07, 6.45) is 1.53. The number of hydrogen-bond acceptors (Lipinski definition) is 4. The van der Waals surface area contributed by atoms with Gasteiger partial charge in [0.05, 0.1) is 7.11 Å². The van der Waals surface area contributed by atoms with Crippen LogP contribution in [0.3, 0.4) is 0 Å². The number of carbonyl (C=O) groups excluding carboxylic acids is 1. The third-order valence-corrected chi connectivity index (χ3v) is 3.75. The molecule has 26 heavy (non-hydrogen) atoms. The number of nitrogens with one attached hydrogen (secondary N) is 2. The zero-order valence-electron chi connectivity index (χ0n) is 14.2. The normalized spacial score (nSPS) is 10.2. The van der Waals surface area contributed by atoms with Gasteiger partial charge in [0.2, 0.25) is 0 Å². The lowest BCUT2D eigenvalue weighted by atomic mass is 10.2. The maximum atomic E-state index is 13.3. The molecule has 0 bridgehead atoms. The van der Waals surface area contributed by atoms with E-state index in [-0.39, 0.29) is 11.7 Å². The molecule has 132 valence electrons. The molecule has 0 atom stereocenters. The van der Waals surface area contributed by atoms with Gasteiger partial charge in [-0.2, -0.15) is 0 Å². The number of anilines is 2. The Hall–Kier alpha value is -3.41. The van der Waals surface area contributed by atoms with E-state index in [2.05, 4.69) is 15.6 Å². The lowest BCUT2D eigenvalue weighted by Gasteiger charge is -2.10. The summed E-state index contributed by atoms with van der Waals surface area (Å²) < 4.78 is 18.5. The number of nitrogens with zero attached hydrogens (tertiary/aromatic N) is 1. The van der Waals surface area contributed by atoms with Gasteiger partial charge in [0, 0.05) is 29.6 Å². The van der Waals surface area contributed by atoms with Gasteiger partial charge in [-0.3, -0.25) is 4.79 Å². The quantitative estimate of drug-likeness (QED) is 0.707. The molecule has 1 heterocycles. The van der Waals surface area contributed by atoms with Crippen LogP contribution in [0.15, 0.2) is 66.9 Å². The summed E-state index contributed by atoms with van der Waals surface area (Å²) >= 11 is 0. The maximum absolute atomic E-state index is 13.3. The topological polar surface area (TPSA) is 63.2 Å². The zero-order valence-corrected chi connectivity index (χ0v) is 14.2. The van der Waals surface area contributed by atoms with E-state index in [1.165, 1.54) is 18.3 Å². The van der Waals surface area contributed by atoms with Crippen LogP contribution in [0.2, 0.25) is 0 Å². The monoisotopic (exact) mass is 351 g/mol. The summed E-state index contributed by atoms with van der Waals surface area (Å²) in [5, 5.41) is 5.84. The van der Waals surface area contributed by atoms with E-state index < -0.39 is 0 Å². The molecule has 0 saturated heterocycles. The van der Waals surface area contributed by atoms with Crippen molar-refractivity contribution in [1.82, 2.24) is 10.3 Å². The summed E-state index contributed by atoms with van der Waals surface area (Å²) in [5.41, 5.74) is 1.90. The van der Waals surface area contributed by atoms with Crippen LogP contribution in [0.4, 0.5) is 15.9 Å². The average molecular weight is 351 g/mol. The number of hydrogen-bond donors (Lipinski definition) is 2. The van der Waals surface area contributed by atoms with E-state index in [9.17, 15) is 9.18 Å². The first-order valence-corrected chi connectivity index (χ1v) is 8.04. The van der Waals surface area contributed by atoms with Gasteiger partial charge in [0.25, 0.3) is 5.91 Å². The molecule has 2 N–H and O–H groups in total. The number of pyridine rings is 1. The summed E-state index contributed by atoms with van der Waals surface area (Å²) in [6.45, 7) is 0.345. The van der Waals surface area contributed by atoms with E-state index in [1.807, 2.05) is 24.3 Å². The van der Waals surface area contributed by atoms with Crippen LogP contribution in [0.5, 0.6) is 5.75 Å². The molecule has 0 radical (unpaired) electrons. The van der Waals surface area contributed by atoms with E-state index in [4.69, 9.17) is 4.74 Å². The number of halogens is 1. The van der Waals surface area contributed by atoms with E-state index in [0.717, 1.165) is 11.3 Å². The van der Waals surface area contributed by atoms with Crippen molar-refractivity contribution in [3.63, 3.8) is 0 Å². The van der Waals surface area contributed by atoms with Crippen LogP contribution in [-0.2, 0) is 6.54 Å². The minimum Gasteiger partial charge on any atom is -0.496 e. The highest BCUT2D eigenvalue weighted by molar-refractivity contribution is 5.94. The molecule has 0 aliphatic carbocycles. The second kappa shape index (κ2) is 8.11. The van der Waals surface area contributed by atoms with Crippen molar-refractivity contribution in [2.75, 3.05) is 12.4 Å². The number of amides is 1. The molecule has 0 spiro atoms. The van der Waals surface area contributed by atoms with Crippen molar-refractivity contribution in [3.05, 3.63) is 83.8 Å². The van der Waals surface area contributed by atoms with Gasteiger partial charge in [0.1, 0.15) is 17.4 Å². The van der Waals surface area contributed by atoms with E-state index >= 15 is 0 Å². The Bertz CT molecular complexity index is 915. The summed E-state index contributed by atoms with van der Waals surface area (Å²) in [4.78, 5) is 16.6. The molecule has 0 saturated carbocycles. The highest BCUT2D eigenvalue weighted by atomic mass is 19.1. The summed E-state index contributed by atoms with van der Waals surface area (Å²) in [7, 11) is 1.59. The first kappa shape index (κ1) is 17.4. The van der Waals surface area contributed by atoms with Gasteiger partial charge in [-0.1, -0.05) is 24.3 Å². The smallest absolute Gasteiger partial charge is 0.251 e. The number of aromatic nitrogens is 1. The molecule has 0 aliphatic heterocycles. The van der Waals surface area contributed by atoms with Crippen LogP contribution < -0.4 is 15.4 Å². The number of ether oxygens (including phenoxy) is 1. The number of para-hydroxylation sites is 1. The Kier molecular flexibility index (Phi) is 5.43. The Labute approximate surface area is 150 Å². The Morgan fingerprint density at radius 2 is 1.96 bits per heavy atom. The largest absolute Gasteiger partial charge is 0.496 e. The fraction of sp³-hybridized carbons (Fsp3) is 0.100. The van der Waals surface area contributed by atoms with Crippen molar-refractivity contribution in [1.29, 1.82) is 0 Å². The summed E-state index contributed by atoms with van der Waals surface area (Å²) in [6, 6.07) is 16.8. The predicted molar refractivity (Wildman–Crippen MR) is 98.1 cm³/mol. The summed E-state index contributed by atoms with van der Waals surface area (Å²) in [5.74, 6) is 0.595. The van der Waals surface area contributed by atoms with Crippen LogP contribution in [0.25, 0.3) is 0 Å². The van der Waals surface area contributed by atoms with Crippen molar-refractivity contribution >= 4 is 17.4 Å². The second-order valence-electron chi connectivity index (χ2n) is 5.56. The molecule has 1 amide bonds. The van der Waals surface area contributed by atoms with Gasteiger partial charge >= 0.3 is 0 Å².